The fourth-order valence-corrected chi connectivity index (χ4v) is 3.38. The van der Waals surface area contributed by atoms with E-state index in [1.165, 1.54) is 39.0 Å². The number of halogens is 6. The summed E-state index contributed by atoms with van der Waals surface area (Å²) >= 11 is 0. The van der Waals surface area contributed by atoms with E-state index in [2.05, 4.69) is 105 Å². The second-order valence-corrected chi connectivity index (χ2v) is 10.0. The van der Waals surface area contributed by atoms with Crippen LogP contribution in [0.25, 0.3) is 11.6 Å². The monoisotopic (exact) mass is 487 g/mol. The summed E-state index contributed by atoms with van der Waals surface area (Å²) in [6.45, 7) is 8.54. The molecule has 0 aromatic heterocycles. The molecule has 3 aromatic rings. The van der Waals surface area contributed by atoms with Crippen LogP contribution in [0.3, 0.4) is 0 Å². The van der Waals surface area contributed by atoms with Gasteiger partial charge in [0.05, 0.1) is 0 Å². The Labute approximate surface area is 190 Å². The molecule has 180 valence electrons. The molecule has 1 nitrogen and oxygen atoms in total. The number of quaternary nitrogens is 1. The van der Waals surface area contributed by atoms with E-state index in [9.17, 15) is 25.2 Å². The molecule has 0 heterocycles. The predicted molar refractivity (Wildman–Crippen MR) is 125 cm³/mol. The van der Waals surface area contributed by atoms with E-state index < -0.39 is 7.81 Å². The van der Waals surface area contributed by atoms with Gasteiger partial charge in [0.2, 0.25) is 0 Å². The van der Waals surface area contributed by atoms with Crippen molar-refractivity contribution < 1.29 is 30.5 Å². The Morgan fingerprint density at radius 3 is 1.73 bits per heavy atom. The molecule has 33 heavy (non-hydrogen) atoms. The molecule has 0 bridgehead atoms. The summed E-state index contributed by atoms with van der Waals surface area (Å²) in [4.78, 5) is 0. The molecule has 0 radical (unpaired) electrons. The summed E-state index contributed by atoms with van der Waals surface area (Å²) in [5, 5.41) is 2.37. The van der Waals surface area contributed by atoms with Crippen LogP contribution in [0, 0.1) is 13.8 Å². The van der Waals surface area contributed by atoms with Gasteiger partial charge in [-0.05, 0) is 37.5 Å². The molecule has 0 saturated carbocycles. The van der Waals surface area contributed by atoms with Gasteiger partial charge in [0.1, 0.15) is 13.1 Å². The molecule has 2 N–H and O–H groups in total. The Hall–Kier alpha value is -2.63. The molecule has 0 aliphatic carbocycles. The van der Waals surface area contributed by atoms with Gasteiger partial charge in [0.25, 0.3) is 0 Å². The average Bonchev–Trinajstić information content (AvgIpc) is 2.66. The molecule has 8 heteroatoms. The summed E-state index contributed by atoms with van der Waals surface area (Å²) < 4.78 is 59.2. The normalized spacial score (nSPS) is 14.0. The van der Waals surface area contributed by atoms with Gasteiger partial charge < -0.3 is 5.32 Å². The van der Waals surface area contributed by atoms with Crippen molar-refractivity contribution in [1.82, 2.24) is 0 Å². The van der Waals surface area contributed by atoms with Crippen molar-refractivity contribution in [3.63, 3.8) is 0 Å². The van der Waals surface area contributed by atoms with Crippen molar-refractivity contribution in [2.24, 2.45) is 0 Å². The molecule has 0 spiro atoms. The second-order valence-electron chi connectivity index (χ2n) is 8.09. The number of aryl methyl sites for hydroxylation is 2. The Bertz CT molecular complexity index is 1060. The number of allylic oxidation sites excluding steroid dienone is 1. The third kappa shape index (κ3) is 12.9. The van der Waals surface area contributed by atoms with E-state index in [1.54, 1.807) is 0 Å². The molecule has 0 saturated heterocycles. The minimum absolute atomic E-state index is 1.01. The number of nitrogens with two attached hydrogens (primary N) is 1. The molecule has 0 fully saturated rings. The van der Waals surface area contributed by atoms with Crippen LogP contribution in [-0.2, 0) is 13.1 Å². The van der Waals surface area contributed by atoms with E-state index in [1.807, 2.05) is 0 Å². The molecular formula is C25H28F6NP. The number of hydrogen-bond donors (Lipinski definition) is 1. The van der Waals surface area contributed by atoms with Crippen LogP contribution >= 0.6 is 7.81 Å². The van der Waals surface area contributed by atoms with Crippen molar-refractivity contribution >= 4 is 19.5 Å². The first-order valence-electron chi connectivity index (χ1n) is 10.3. The van der Waals surface area contributed by atoms with Gasteiger partial charge >= 0.3 is 33.0 Å². The zero-order valence-electron chi connectivity index (χ0n) is 18.7. The van der Waals surface area contributed by atoms with Crippen LogP contribution in [0.5, 0.6) is 0 Å². The number of hydrogen-bond acceptors (Lipinski definition) is 0. The van der Waals surface area contributed by atoms with Gasteiger partial charge in [-0.1, -0.05) is 90.0 Å². The van der Waals surface area contributed by atoms with Crippen molar-refractivity contribution in [2.45, 2.75) is 33.9 Å². The zero-order chi connectivity index (χ0) is 24.8. The molecule has 0 atom stereocenters. The van der Waals surface area contributed by atoms with E-state index in [0.717, 1.165) is 13.1 Å². The van der Waals surface area contributed by atoms with Crippen LogP contribution in [-0.4, -0.2) is 0 Å². The Balaban J connectivity index is 0.000000479. The van der Waals surface area contributed by atoms with Crippen LogP contribution in [0.4, 0.5) is 25.2 Å². The van der Waals surface area contributed by atoms with E-state index in [-0.39, 0.29) is 0 Å². The maximum atomic E-state index is 9.87. The van der Waals surface area contributed by atoms with Gasteiger partial charge in [-0.2, -0.15) is 0 Å². The van der Waals surface area contributed by atoms with Crippen molar-refractivity contribution in [2.75, 3.05) is 0 Å². The topological polar surface area (TPSA) is 16.6 Å². The first-order valence-corrected chi connectivity index (χ1v) is 12.4. The van der Waals surface area contributed by atoms with Crippen molar-refractivity contribution in [3.05, 3.63) is 106 Å². The molecule has 3 rings (SSSR count). The molecule has 0 aliphatic heterocycles. The summed E-state index contributed by atoms with van der Waals surface area (Å²) in [7, 11) is -10.7. The molecular weight excluding hydrogens is 459 g/mol. The second kappa shape index (κ2) is 9.70. The quantitative estimate of drug-likeness (QED) is 0.204. The van der Waals surface area contributed by atoms with Crippen molar-refractivity contribution in [1.29, 1.82) is 0 Å². The standard InChI is InChI=1S/C25H27N.F6P/c1-19-13-20(2)15-24(14-19)18-26-17-23-9-11-25(12-10-23)21(3)16-22-7-5-4-6-8-22;1-7(2,3,4,5)6/h4-16,26H,17-18H2,1-3H3;/q;-1/p+1/b21-16+;. The summed E-state index contributed by atoms with van der Waals surface area (Å²) in [6, 6.07) is 26.2. The molecule has 0 aliphatic rings. The third-order valence-corrected chi connectivity index (χ3v) is 4.63. The molecule has 3 aromatic carbocycles. The maximum absolute atomic E-state index is 10.7. The summed E-state index contributed by atoms with van der Waals surface area (Å²) in [6.07, 6.45) is 2.24. The van der Waals surface area contributed by atoms with Crippen LogP contribution in [0.15, 0.2) is 72.8 Å². The zero-order valence-corrected chi connectivity index (χ0v) is 19.6. The van der Waals surface area contributed by atoms with Crippen molar-refractivity contribution in [3.8, 4) is 0 Å². The SMILES string of the molecule is C/C(=C\c1ccccc1)c1ccc(C[NH2+]Cc2cc(C)cc(C)c2)cc1.F[P-](F)(F)(F)(F)F. The Kier molecular flexibility index (Phi) is 7.82. The summed E-state index contributed by atoms with van der Waals surface area (Å²) in [5.74, 6) is 0. The predicted octanol–water partition coefficient (Wildman–Crippen LogP) is 8.51. The third-order valence-electron chi connectivity index (χ3n) is 4.63. The fourth-order valence-electron chi connectivity index (χ4n) is 3.38. The van der Waals surface area contributed by atoms with Gasteiger partial charge in [0.15, 0.2) is 0 Å². The Morgan fingerprint density at radius 2 is 1.21 bits per heavy atom. The first kappa shape index (κ1) is 26.6. The minimum atomic E-state index is -10.7. The van der Waals surface area contributed by atoms with Gasteiger partial charge in [0, 0.05) is 11.1 Å². The van der Waals surface area contributed by atoms with E-state index >= 15 is 0 Å². The molecule has 0 unspecified atom stereocenters. The van der Waals surface area contributed by atoms with Crippen LogP contribution in [0.1, 0.15) is 40.3 Å². The van der Waals surface area contributed by atoms with Crippen LogP contribution in [0.2, 0.25) is 0 Å². The Morgan fingerprint density at radius 1 is 0.727 bits per heavy atom. The van der Waals surface area contributed by atoms with E-state index in [0.29, 0.717) is 0 Å². The van der Waals surface area contributed by atoms with Gasteiger partial charge in [-0.25, -0.2) is 0 Å². The molecule has 0 amide bonds. The average molecular weight is 487 g/mol. The number of benzene rings is 3. The summed E-state index contributed by atoms with van der Waals surface area (Å²) in [5.41, 5.74) is 9.29. The first-order chi connectivity index (χ1) is 15.0. The van der Waals surface area contributed by atoms with E-state index in [4.69, 9.17) is 0 Å². The van der Waals surface area contributed by atoms with Gasteiger partial charge in [-0.3, -0.25) is 0 Å². The van der Waals surface area contributed by atoms with Crippen LogP contribution < -0.4 is 5.32 Å². The number of rotatable bonds is 6. The van der Waals surface area contributed by atoms with Gasteiger partial charge in [-0.15, -0.1) is 0 Å². The fraction of sp³-hybridized carbons (Fsp3) is 0.200.